The summed E-state index contributed by atoms with van der Waals surface area (Å²) in [5, 5.41) is 0. The fourth-order valence-electron chi connectivity index (χ4n) is 4.02. The fourth-order valence-corrected chi connectivity index (χ4v) is 4.02. The Balaban J connectivity index is 3.04. The molecule has 0 amide bonds. The summed E-state index contributed by atoms with van der Waals surface area (Å²) < 4.78 is 5.96. The van der Waals surface area contributed by atoms with Gasteiger partial charge in [0.25, 0.3) is 0 Å². The zero-order valence-electron chi connectivity index (χ0n) is 14.5. The van der Waals surface area contributed by atoms with Crippen molar-refractivity contribution in [1.82, 2.24) is 4.90 Å². The first-order valence-corrected chi connectivity index (χ1v) is 8.50. The molecule has 1 fully saturated rings. The van der Waals surface area contributed by atoms with Crippen LogP contribution in [0.15, 0.2) is 0 Å². The number of nitrogens with two attached hydrogens (primary N) is 1. The SMILES string of the molecule is CCC(CC)N(CC(C)C)C1(CN)CC(C)OC(C)C1. The van der Waals surface area contributed by atoms with Gasteiger partial charge in [0.15, 0.2) is 0 Å². The predicted molar refractivity (Wildman–Crippen MR) is 86.9 cm³/mol. The molecule has 1 aliphatic heterocycles. The number of nitrogens with zero attached hydrogens (tertiary/aromatic N) is 1. The van der Waals surface area contributed by atoms with Crippen LogP contribution < -0.4 is 5.73 Å². The molecule has 1 heterocycles. The van der Waals surface area contributed by atoms with Gasteiger partial charge >= 0.3 is 0 Å². The third-order valence-electron chi connectivity index (χ3n) is 4.73. The van der Waals surface area contributed by atoms with E-state index in [1.165, 1.54) is 12.8 Å². The van der Waals surface area contributed by atoms with Crippen molar-refractivity contribution >= 4 is 0 Å². The molecule has 3 heteroatoms. The maximum absolute atomic E-state index is 6.29. The van der Waals surface area contributed by atoms with E-state index in [0.717, 1.165) is 25.9 Å². The van der Waals surface area contributed by atoms with Crippen LogP contribution in [0.5, 0.6) is 0 Å². The van der Waals surface area contributed by atoms with E-state index in [1.54, 1.807) is 0 Å². The molecule has 2 atom stereocenters. The first kappa shape index (κ1) is 17.9. The number of hydrogen-bond donors (Lipinski definition) is 1. The normalized spacial score (nSPS) is 31.5. The van der Waals surface area contributed by atoms with E-state index in [9.17, 15) is 0 Å². The van der Waals surface area contributed by atoms with E-state index in [-0.39, 0.29) is 5.54 Å². The van der Waals surface area contributed by atoms with Crippen LogP contribution in [-0.4, -0.2) is 41.8 Å². The van der Waals surface area contributed by atoms with Gasteiger partial charge in [0.1, 0.15) is 0 Å². The van der Waals surface area contributed by atoms with Crippen LogP contribution in [0.4, 0.5) is 0 Å². The Bertz CT molecular complexity index is 266. The average molecular weight is 284 g/mol. The number of ether oxygens (including phenoxy) is 1. The molecule has 0 spiro atoms. The summed E-state index contributed by atoms with van der Waals surface area (Å²) in [5.41, 5.74) is 6.41. The molecular formula is C17H36N2O. The third-order valence-corrected chi connectivity index (χ3v) is 4.73. The van der Waals surface area contributed by atoms with Crippen LogP contribution in [0.2, 0.25) is 0 Å². The average Bonchev–Trinajstić information content (AvgIpc) is 2.37. The first-order chi connectivity index (χ1) is 9.38. The van der Waals surface area contributed by atoms with Gasteiger partial charge < -0.3 is 10.5 Å². The van der Waals surface area contributed by atoms with Gasteiger partial charge in [-0.25, -0.2) is 0 Å². The zero-order chi connectivity index (χ0) is 15.3. The molecule has 0 aromatic rings. The predicted octanol–water partition coefficient (Wildman–Crippen LogP) is 3.42. The highest BCUT2D eigenvalue weighted by Crippen LogP contribution is 2.36. The summed E-state index contributed by atoms with van der Waals surface area (Å²) in [7, 11) is 0. The Kier molecular flexibility index (Phi) is 6.96. The topological polar surface area (TPSA) is 38.5 Å². The molecule has 3 nitrogen and oxygen atoms in total. The molecule has 0 aliphatic carbocycles. The molecule has 2 unspecified atom stereocenters. The lowest BCUT2D eigenvalue weighted by atomic mass is 9.80. The van der Waals surface area contributed by atoms with Crippen molar-refractivity contribution in [2.45, 2.75) is 91.0 Å². The van der Waals surface area contributed by atoms with E-state index >= 15 is 0 Å². The minimum Gasteiger partial charge on any atom is -0.375 e. The molecule has 0 saturated carbocycles. The van der Waals surface area contributed by atoms with Crippen molar-refractivity contribution in [2.75, 3.05) is 13.1 Å². The fraction of sp³-hybridized carbons (Fsp3) is 1.00. The van der Waals surface area contributed by atoms with Crippen molar-refractivity contribution < 1.29 is 4.74 Å². The largest absolute Gasteiger partial charge is 0.375 e. The Morgan fingerprint density at radius 1 is 1.15 bits per heavy atom. The van der Waals surface area contributed by atoms with Crippen molar-refractivity contribution in [1.29, 1.82) is 0 Å². The molecule has 120 valence electrons. The van der Waals surface area contributed by atoms with Crippen LogP contribution in [-0.2, 0) is 4.74 Å². The van der Waals surface area contributed by atoms with Crippen LogP contribution in [0.3, 0.4) is 0 Å². The zero-order valence-corrected chi connectivity index (χ0v) is 14.5. The number of hydrogen-bond acceptors (Lipinski definition) is 3. The van der Waals surface area contributed by atoms with Gasteiger partial charge in [-0.15, -0.1) is 0 Å². The quantitative estimate of drug-likeness (QED) is 0.778. The van der Waals surface area contributed by atoms with E-state index in [2.05, 4.69) is 46.4 Å². The van der Waals surface area contributed by atoms with Crippen molar-refractivity contribution in [3.63, 3.8) is 0 Å². The Morgan fingerprint density at radius 3 is 2.00 bits per heavy atom. The van der Waals surface area contributed by atoms with E-state index < -0.39 is 0 Å². The molecule has 0 bridgehead atoms. The minimum absolute atomic E-state index is 0.123. The molecule has 1 rings (SSSR count). The maximum Gasteiger partial charge on any atom is 0.0568 e. The molecule has 1 aliphatic rings. The monoisotopic (exact) mass is 284 g/mol. The van der Waals surface area contributed by atoms with Crippen molar-refractivity contribution in [3.05, 3.63) is 0 Å². The van der Waals surface area contributed by atoms with Crippen LogP contribution in [0.1, 0.15) is 67.2 Å². The smallest absolute Gasteiger partial charge is 0.0568 e. The Morgan fingerprint density at radius 2 is 1.65 bits per heavy atom. The highest BCUT2D eigenvalue weighted by atomic mass is 16.5. The summed E-state index contributed by atoms with van der Waals surface area (Å²) in [5.74, 6) is 0.674. The maximum atomic E-state index is 6.29. The standard InChI is InChI=1S/C17H36N2O/c1-7-16(8-2)19(11-13(3)4)17(12-18)9-14(5)20-15(6)10-17/h13-16H,7-12,18H2,1-6H3. The second-order valence-electron chi connectivity index (χ2n) is 7.11. The van der Waals surface area contributed by atoms with Crippen LogP contribution >= 0.6 is 0 Å². The highest BCUT2D eigenvalue weighted by Gasteiger charge is 2.44. The second kappa shape index (κ2) is 7.77. The van der Waals surface area contributed by atoms with Crippen molar-refractivity contribution in [2.24, 2.45) is 11.7 Å². The lowest BCUT2D eigenvalue weighted by Crippen LogP contribution is -2.63. The molecule has 0 radical (unpaired) electrons. The molecular weight excluding hydrogens is 248 g/mol. The molecule has 2 N–H and O–H groups in total. The second-order valence-corrected chi connectivity index (χ2v) is 7.11. The summed E-state index contributed by atoms with van der Waals surface area (Å²) in [6.45, 7) is 15.5. The van der Waals surface area contributed by atoms with Gasteiger partial charge in [-0.2, -0.15) is 0 Å². The molecule has 20 heavy (non-hydrogen) atoms. The van der Waals surface area contributed by atoms with Gasteiger partial charge in [-0.05, 0) is 45.4 Å². The van der Waals surface area contributed by atoms with Gasteiger partial charge in [0.05, 0.1) is 12.2 Å². The summed E-state index contributed by atoms with van der Waals surface area (Å²) in [6.07, 6.45) is 5.16. The van der Waals surface area contributed by atoms with Gasteiger partial charge in [-0.1, -0.05) is 27.7 Å². The first-order valence-electron chi connectivity index (χ1n) is 8.50. The van der Waals surface area contributed by atoms with Gasteiger partial charge in [-0.3, -0.25) is 4.90 Å². The van der Waals surface area contributed by atoms with Crippen LogP contribution in [0, 0.1) is 5.92 Å². The highest BCUT2D eigenvalue weighted by molar-refractivity contribution is 5.00. The summed E-state index contributed by atoms with van der Waals surface area (Å²) in [4.78, 5) is 2.73. The molecule has 0 aromatic heterocycles. The van der Waals surface area contributed by atoms with Gasteiger partial charge in [0.2, 0.25) is 0 Å². The minimum atomic E-state index is 0.123. The lowest BCUT2D eigenvalue weighted by molar-refractivity contribution is -0.116. The van der Waals surface area contributed by atoms with E-state index in [0.29, 0.717) is 24.2 Å². The Labute approximate surface area is 126 Å². The third kappa shape index (κ3) is 4.19. The summed E-state index contributed by atoms with van der Waals surface area (Å²) >= 11 is 0. The van der Waals surface area contributed by atoms with E-state index in [1.807, 2.05) is 0 Å². The number of rotatable bonds is 7. The summed E-state index contributed by atoms with van der Waals surface area (Å²) in [6, 6.07) is 0.637. The van der Waals surface area contributed by atoms with E-state index in [4.69, 9.17) is 10.5 Å². The lowest BCUT2D eigenvalue weighted by Gasteiger charge is -2.53. The van der Waals surface area contributed by atoms with Gasteiger partial charge in [0, 0.05) is 24.7 Å². The van der Waals surface area contributed by atoms with Crippen LogP contribution in [0.25, 0.3) is 0 Å². The van der Waals surface area contributed by atoms with Crippen molar-refractivity contribution in [3.8, 4) is 0 Å². The molecule has 1 saturated heterocycles. The molecule has 0 aromatic carbocycles. The Hall–Kier alpha value is -0.120.